The van der Waals surface area contributed by atoms with Crippen LogP contribution in [0.1, 0.15) is 52.4 Å². The second-order valence-corrected chi connectivity index (χ2v) is 7.72. The Hall–Kier alpha value is -0.120. The number of piperazine rings is 1. The first-order valence-corrected chi connectivity index (χ1v) is 9.22. The zero-order chi connectivity index (χ0) is 15.2. The van der Waals surface area contributed by atoms with Gasteiger partial charge in [-0.3, -0.25) is 0 Å². The largest absolute Gasteiger partial charge is 0.314 e. The van der Waals surface area contributed by atoms with Crippen LogP contribution in [0.4, 0.5) is 0 Å². The molecule has 1 saturated carbocycles. The Kier molecular flexibility index (Phi) is 6.97. The van der Waals surface area contributed by atoms with Crippen LogP contribution in [-0.4, -0.2) is 62.2 Å². The molecule has 0 radical (unpaired) electrons. The van der Waals surface area contributed by atoms with Gasteiger partial charge < -0.3 is 15.1 Å². The number of rotatable bonds is 6. The third-order valence-electron chi connectivity index (χ3n) is 5.71. The van der Waals surface area contributed by atoms with E-state index in [4.69, 9.17) is 0 Å². The Morgan fingerprint density at radius 1 is 1.19 bits per heavy atom. The number of nitrogens with zero attached hydrogens (tertiary/aromatic N) is 2. The molecule has 0 aromatic carbocycles. The van der Waals surface area contributed by atoms with Gasteiger partial charge in [0.15, 0.2) is 0 Å². The van der Waals surface area contributed by atoms with Crippen LogP contribution in [0.15, 0.2) is 0 Å². The Balaban J connectivity index is 1.94. The first kappa shape index (κ1) is 17.2. The van der Waals surface area contributed by atoms with E-state index in [2.05, 4.69) is 43.1 Å². The highest BCUT2D eigenvalue weighted by Crippen LogP contribution is 2.32. The van der Waals surface area contributed by atoms with E-state index in [1.807, 2.05) is 0 Å². The highest BCUT2D eigenvalue weighted by Gasteiger charge is 2.31. The molecule has 4 atom stereocenters. The topological polar surface area (TPSA) is 18.5 Å². The second-order valence-electron chi connectivity index (χ2n) is 7.72. The SMILES string of the molecule is CCCNC(CC1CN(C)CCN1C)C1CCCC(C)C1. The van der Waals surface area contributed by atoms with Gasteiger partial charge in [-0.05, 0) is 58.2 Å². The smallest absolute Gasteiger partial charge is 0.0235 e. The van der Waals surface area contributed by atoms with Crippen LogP contribution in [0.3, 0.4) is 0 Å². The van der Waals surface area contributed by atoms with E-state index in [0.717, 1.165) is 23.9 Å². The normalized spacial score (nSPS) is 34.0. The van der Waals surface area contributed by atoms with E-state index < -0.39 is 0 Å². The first-order chi connectivity index (χ1) is 10.1. The van der Waals surface area contributed by atoms with E-state index in [0.29, 0.717) is 0 Å². The van der Waals surface area contributed by atoms with Gasteiger partial charge >= 0.3 is 0 Å². The van der Waals surface area contributed by atoms with Gasteiger partial charge in [0, 0.05) is 31.7 Å². The molecule has 0 amide bonds. The Bertz CT molecular complexity index is 294. The standard InChI is InChI=1S/C18H37N3/c1-5-9-19-18(16-8-6-7-15(2)12-16)13-17-14-20(3)10-11-21(17)4/h15-19H,5-14H2,1-4H3. The molecule has 0 spiro atoms. The first-order valence-electron chi connectivity index (χ1n) is 9.22. The van der Waals surface area contributed by atoms with Gasteiger partial charge in [0.25, 0.3) is 0 Å². The van der Waals surface area contributed by atoms with Crippen molar-refractivity contribution in [3.63, 3.8) is 0 Å². The number of nitrogens with one attached hydrogen (secondary N) is 1. The Morgan fingerprint density at radius 2 is 2.00 bits per heavy atom. The summed E-state index contributed by atoms with van der Waals surface area (Å²) in [4.78, 5) is 5.10. The molecule has 2 fully saturated rings. The lowest BCUT2D eigenvalue weighted by Crippen LogP contribution is -2.53. The zero-order valence-corrected chi connectivity index (χ0v) is 14.8. The molecule has 1 aliphatic carbocycles. The van der Waals surface area contributed by atoms with Gasteiger partial charge in [-0.2, -0.15) is 0 Å². The third kappa shape index (κ3) is 5.22. The van der Waals surface area contributed by atoms with Crippen LogP contribution in [0, 0.1) is 11.8 Å². The average molecular weight is 296 g/mol. The summed E-state index contributed by atoms with van der Waals surface area (Å²) in [5, 5.41) is 3.90. The fraction of sp³-hybridized carbons (Fsp3) is 1.00. The summed E-state index contributed by atoms with van der Waals surface area (Å²) in [6, 6.07) is 1.46. The van der Waals surface area contributed by atoms with E-state index in [1.165, 1.54) is 64.7 Å². The molecule has 1 saturated heterocycles. The van der Waals surface area contributed by atoms with Crippen molar-refractivity contribution >= 4 is 0 Å². The van der Waals surface area contributed by atoms with Crippen molar-refractivity contribution in [1.82, 2.24) is 15.1 Å². The maximum Gasteiger partial charge on any atom is 0.0235 e. The van der Waals surface area contributed by atoms with Crippen molar-refractivity contribution in [2.75, 3.05) is 40.3 Å². The summed E-state index contributed by atoms with van der Waals surface area (Å²) in [7, 11) is 4.59. The van der Waals surface area contributed by atoms with Crippen molar-refractivity contribution in [3.05, 3.63) is 0 Å². The van der Waals surface area contributed by atoms with Gasteiger partial charge in [-0.25, -0.2) is 0 Å². The van der Waals surface area contributed by atoms with Crippen molar-refractivity contribution in [2.24, 2.45) is 11.8 Å². The van der Waals surface area contributed by atoms with Crippen molar-refractivity contribution in [1.29, 1.82) is 0 Å². The lowest BCUT2D eigenvalue weighted by molar-refractivity contribution is 0.0878. The molecular weight excluding hydrogens is 258 g/mol. The van der Waals surface area contributed by atoms with Crippen LogP contribution in [0.5, 0.6) is 0 Å². The molecule has 124 valence electrons. The maximum absolute atomic E-state index is 3.90. The lowest BCUT2D eigenvalue weighted by Gasteiger charge is -2.42. The molecular formula is C18H37N3. The van der Waals surface area contributed by atoms with Crippen LogP contribution >= 0.6 is 0 Å². The molecule has 1 heterocycles. The summed E-state index contributed by atoms with van der Waals surface area (Å²) in [5.41, 5.74) is 0. The highest BCUT2D eigenvalue weighted by atomic mass is 15.3. The molecule has 2 aliphatic rings. The fourth-order valence-corrected chi connectivity index (χ4v) is 4.27. The molecule has 21 heavy (non-hydrogen) atoms. The van der Waals surface area contributed by atoms with E-state index in [-0.39, 0.29) is 0 Å². The summed E-state index contributed by atoms with van der Waals surface area (Å²) in [5.74, 6) is 1.84. The van der Waals surface area contributed by atoms with Crippen LogP contribution < -0.4 is 5.32 Å². The van der Waals surface area contributed by atoms with Crippen molar-refractivity contribution in [3.8, 4) is 0 Å². The van der Waals surface area contributed by atoms with Crippen LogP contribution in [-0.2, 0) is 0 Å². The zero-order valence-electron chi connectivity index (χ0n) is 14.8. The molecule has 3 heteroatoms. The summed E-state index contributed by atoms with van der Waals surface area (Å²) < 4.78 is 0. The van der Waals surface area contributed by atoms with Crippen molar-refractivity contribution in [2.45, 2.75) is 64.5 Å². The maximum atomic E-state index is 3.90. The number of hydrogen-bond acceptors (Lipinski definition) is 3. The monoisotopic (exact) mass is 295 g/mol. The molecule has 0 aromatic rings. The van der Waals surface area contributed by atoms with Gasteiger partial charge in [-0.1, -0.05) is 26.7 Å². The fourth-order valence-electron chi connectivity index (χ4n) is 4.27. The van der Waals surface area contributed by atoms with Gasteiger partial charge in [0.05, 0.1) is 0 Å². The minimum Gasteiger partial charge on any atom is -0.314 e. The Labute approximate surface area is 132 Å². The van der Waals surface area contributed by atoms with Crippen LogP contribution in [0.2, 0.25) is 0 Å². The summed E-state index contributed by atoms with van der Waals surface area (Å²) in [6.45, 7) is 9.60. The van der Waals surface area contributed by atoms with Gasteiger partial charge in [0.1, 0.15) is 0 Å². The summed E-state index contributed by atoms with van der Waals surface area (Å²) >= 11 is 0. The van der Waals surface area contributed by atoms with E-state index in [1.54, 1.807) is 0 Å². The molecule has 3 nitrogen and oxygen atoms in total. The average Bonchev–Trinajstić information content (AvgIpc) is 2.47. The molecule has 4 unspecified atom stereocenters. The van der Waals surface area contributed by atoms with Crippen molar-refractivity contribution < 1.29 is 0 Å². The predicted octanol–water partition coefficient (Wildman–Crippen LogP) is 2.82. The third-order valence-corrected chi connectivity index (χ3v) is 5.71. The van der Waals surface area contributed by atoms with E-state index >= 15 is 0 Å². The summed E-state index contributed by atoms with van der Waals surface area (Å²) in [6.07, 6.45) is 8.35. The van der Waals surface area contributed by atoms with Crippen LogP contribution in [0.25, 0.3) is 0 Å². The minimum absolute atomic E-state index is 0.728. The Morgan fingerprint density at radius 3 is 2.71 bits per heavy atom. The predicted molar refractivity (Wildman–Crippen MR) is 91.7 cm³/mol. The highest BCUT2D eigenvalue weighted by molar-refractivity contribution is 4.88. The molecule has 0 aromatic heterocycles. The number of likely N-dealkylation sites (N-methyl/N-ethyl adjacent to an activating group) is 2. The molecule has 0 bridgehead atoms. The molecule has 1 N–H and O–H groups in total. The minimum atomic E-state index is 0.728. The molecule has 2 rings (SSSR count). The number of hydrogen-bond donors (Lipinski definition) is 1. The van der Waals surface area contributed by atoms with Gasteiger partial charge in [0.2, 0.25) is 0 Å². The molecule has 1 aliphatic heterocycles. The quantitative estimate of drug-likeness (QED) is 0.813. The van der Waals surface area contributed by atoms with E-state index in [9.17, 15) is 0 Å². The second kappa shape index (κ2) is 8.50. The lowest BCUT2D eigenvalue weighted by atomic mass is 9.76. The van der Waals surface area contributed by atoms with Gasteiger partial charge in [-0.15, -0.1) is 0 Å².